The first-order valence-electron chi connectivity index (χ1n) is 5.46. The zero-order valence-corrected chi connectivity index (χ0v) is 11.2. The largest absolute Gasteiger partial charge is 0.469 e. The Bertz CT molecular complexity index is 768. The van der Waals surface area contributed by atoms with Gasteiger partial charge in [0.25, 0.3) is 5.91 Å². The minimum atomic E-state index is -4.06. The number of anilines is 1. The van der Waals surface area contributed by atoms with Crippen molar-refractivity contribution in [2.24, 2.45) is 5.14 Å². The summed E-state index contributed by atoms with van der Waals surface area (Å²) in [5.74, 6) is -0.969. The molecule has 0 aliphatic rings. The lowest BCUT2D eigenvalue weighted by Crippen LogP contribution is -2.15. The van der Waals surface area contributed by atoms with Crippen LogP contribution in [0.1, 0.15) is 16.1 Å². The molecule has 0 fully saturated rings. The third kappa shape index (κ3) is 3.03. The first-order chi connectivity index (χ1) is 9.27. The minimum absolute atomic E-state index is 0.0142. The molecule has 0 saturated carbocycles. The summed E-state index contributed by atoms with van der Waals surface area (Å²) in [6.45, 7) is 1.59. The highest BCUT2D eigenvalue weighted by Gasteiger charge is 2.15. The second-order valence-electron chi connectivity index (χ2n) is 4.07. The molecule has 3 N–H and O–H groups in total. The average molecular weight is 298 g/mol. The van der Waals surface area contributed by atoms with Gasteiger partial charge in [-0.05, 0) is 31.2 Å². The van der Waals surface area contributed by atoms with Crippen LogP contribution in [0.5, 0.6) is 0 Å². The second kappa shape index (κ2) is 5.06. The number of hydrogen-bond donors (Lipinski definition) is 2. The van der Waals surface area contributed by atoms with Crippen molar-refractivity contribution in [3.05, 3.63) is 47.7 Å². The van der Waals surface area contributed by atoms with E-state index < -0.39 is 26.6 Å². The average Bonchev–Trinajstić information content (AvgIpc) is 2.73. The summed E-state index contributed by atoms with van der Waals surface area (Å²) >= 11 is 0. The predicted octanol–water partition coefficient (Wildman–Crippen LogP) is 1.63. The molecule has 1 amide bonds. The molecule has 0 aliphatic carbocycles. The Morgan fingerprint density at radius 1 is 1.35 bits per heavy atom. The van der Waals surface area contributed by atoms with Crippen molar-refractivity contribution < 1.29 is 22.0 Å². The highest BCUT2D eigenvalue weighted by atomic mass is 32.2. The van der Waals surface area contributed by atoms with Crippen molar-refractivity contribution in [2.45, 2.75) is 11.8 Å². The number of furan rings is 1. The van der Waals surface area contributed by atoms with Gasteiger partial charge in [-0.3, -0.25) is 4.79 Å². The van der Waals surface area contributed by atoms with Crippen LogP contribution in [0.15, 0.2) is 39.8 Å². The number of hydrogen-bond acceptors (Lipinski definition) is 4. The Morgan fingerprint density at radius 2 is 2.05 bits per heavy atom. The van der Waals surface area contributed by atoms with E-state index in [-0.39, 0.29) is 11.3 Å². The molecule has 2 aromatic rings. The van der Waals surface area contributed by atoms with Gasteiger partial charge in [-0.15, -0.1) is 0 Å². The monoisotopic (exact) mass is 298 g/mol. The van der Waals surface area contributed by atoms with Crippen molar-refractivity contribution >= 4 is 21.6 Å². The molecule has 1 aromatic heterocycles. The van der Waals surface area contributed by atoms with Gasteiger partial charge in [-0.25, -0.2) is 17.9 Å². The summed E-state index contributed by atoms with van der Waals surface area (Å²) in [5.41, 5.74) is 0.256. The number of benzene rings is 1. The number of primary sulfonamides is 1. The normalized spacial score (nSPS) is 11.3. The molecule has 0 saturated heterocycles. The Morgan fingerprint density at radius 3 is 2.60 bits per heavy atom. The van der Waals surface area contributed by atoms with Crippen molar-refractivity contribution in [1.29, 1.82) is 0 Å². The predicted molar refractivity (Wildman–Crippen MR) is 69.2 cm³/mol. The van der Waals surface area contributed by atoms with Gasteiger partial charge in [0.2, 0.25) is 10.0 Å². The number of carbonyl (C=O) groups is 1. The molecule has 6 nitrogen and oxygen atoms in total. The molecule has 1 aromatic carbocycles. The van der Waals surface area contributed by atoms with Crippen LogP contribution in [-0.2, 0) is 10.0 Å². The number of carbonyl (C=O) groups excluding carboxylic acids is 1. The lowest BCUT2D eigenvalue weighted by molar-refractivity contribution is 0.102. The number of rotatable bonds is 3. The Labute approximate surface area is 114 Å². The van der Waals surface area contributed by atoms with E-state index in [0.29, 0.717) is 5.76 Å². The maximum absolute atomic E-state index is 13.3. The molecular weight excluding hydrogens is 287 g/mol. The van der Waals surface area contributed by atoms with Gasteiger partial charge in [0, 0.05) is 5.69 Å². The maximum atomic E-state index is 13.3. The molecule has 0 unspecified atom stereocenters. The molecule has 0 spiro atoms. The topological polar surface area (TPSA) is 102 Å². The number of aryl methyl sites for hydroxylation is 1. The van der Waals surface area contributed by atoms with E-state index in [0.717, 1.165) is 18.2 Å². The molecule has 0 radical (unpaired) electrons. The third-order valence-corrected chi connectivity index (χ3v) is 3.45. The molecule has 0 aliphatic heterocycles. The van der Waals surface area contributed by atoms with E-state index >= 15 is 0 Å². The van der Waals surface area contributed by atoms with Gasteiger partial charge in [-0.2, -0.15) is 0 Å². The Kier molecular flexibility index (Phi) is 3.60. The number of sulfonamides is 1. The van der Waals surface area contributed by atoms with Crippen molar-refractivity contribution in [1.82, 2.24) is 0 Å². The first kappa shape index (κ1) is 14.2. The zero-order valence-electron chi connectivity index (χ0n) is 10.4. The standard InChI is InChI=1S/C12H11FN2O4S/c1-7-11(2-3-19-7)12(16)15-9-4-8(13)5-10(6-9)20(14,17)18/h2-6H,1H3,(H,15,16)(H2,14,17,18). The van der Waals surface area contributed by atoms with Gasteiger partial charge in [-0.1, -0.05) is 0 Å². The van der Waals surface area contributed by atoms with E-state index in [1.807, 2.05) is 0 Å². The summed E-state index contributed by atoms with van der Waals surface area (Å²) in [5, 5.41) is 7.30. The molecule has 0 bridgehead atoms. The fourth-order valence-corrected chi connectivity index (χ4v) is 2.19. The number of nitrogens with two attached hydrogens (primary N) is 1. The summed E-state index contributed by atoms with van der Waals surface area (Å²) in [7, 11) is -4.06. The van der Waals surface area contributed by atoms with Crippen LogP contribution >= 0.6 is 0 Å². The summed E-state index contributed by atoms with van der Waals surface area (Å²) in [6, 6.07) is 4.28. The van der Waals surface area contributed by atoms with Gasteiger partial charge >= 0.3 is 0 Å². The molecule has 0 atom stereocenters. The molecule has 1 heterocycles. The lowest BCUT2D eigenvalue weighted by Gasteiger charge is -2.06. The van der Waals surface area contributed by atoms with Crippen molar-refractivity contribution in [2.75, 3.05) is 5.32 Å². The summed E-state index contributed by atoms with van der Waals surface area (Å²) < 4.78 is 40.7. The highest BCUT2D eigenvalue weighted by molar-refractivity contribution is 7.89. The third-order valence-electron chi connectivity index (χ3n) is 2.56. The molecule has 106 valence electrons. The number of halogens is 1. The lowest BCUT2D eigenvalue weighted by atomic mass is 10.2. The van der Waals surface area contributed by atoms with Crippen LogP contribution in [0.2, 0.25) is 0 Å². The number of amides is 1. The van der Waals surface area contributed by atoms with Crippen LogP contribution in [0.3, 0.4) is 0 Å². The summed E-state index contributed by atoms with van der Waals surface area (Å²) in [6.07, 6.45) is 1.34. The van der Waals surface area contributed by atoms with Crippen LogP contribution < -0.4 is 10.5 Å². The highest BCUT2D eigenvalue weighted by Crippen LogP contribution is 2.19. The van der Waals surface area contributed by atoms with Crippen LogP contribution in [0.4, 0.5) is 10.1 Å². The van der Waals surface area contributed by atoms with Crippen LogP contribution in [-0.4, -0.2) is 14.3 Å². The van der Waals surface area contributed by atoms with Gasteiger partial charge in [0.05, 0.1) is 16.7 Å². The molecule has 2 rings (SSSR count). The van der Waals surface area contributed by atoms with Crippen molar-refractivity contribution in [3.63, 3.8) is 0 Å². The van der Waals surface area contributed by atoms with E-state index in [2.05, 4.69) is 5.32 Å². The Hall–Kier alpha value is -2.19. The molecule has 8 heteroatoms. The van der Waals surface area contributed by atoms with E-state index in [1.165, 1.54) is 12.3 Å². The van der Waals surface area contributed by atoms with E-state index in [4.69, 9.17) is 9.56 Å². The smallest absolute Gasteiger partial charge is 0.259 e. The fraction of sp³-hybridized carbons (Fsp3) is 0.0833. The summed E-state index contributed by atoms with van der Waals surface area (Å²) in [4.78, 5) is 11.5. The molecule has 20 heavy (non-hydrogen) atoms. The maximum Gasteiger partial charge on any atom is 0.259 e. The first-order valence-corrected chi connectivity index (χ1v) is 7.01. The SMILES string of the molecule is Cc1occc1C(=O)Nc1cc(F)cc(S(N)(=O)=O)c1. The van der Waals surface area contributed by atoms with E-state index in [1.54, 1.807) is 6.92 Å². The van der Waals surface area contributed by atoms with Crippen LogP contribution in [0.25, 0.3) is 0 Å². The molecular formula is C12H11FN2O4S. The van der Waals surface area contributed by atoms with Gasteiger partial charge in [0.1, 0.15) is 11.6 Å². The fourth-order valence-electron chi connectivity index (χ4n) is 1.62. The second-order valence-corrected chi connectivity index (χ2v) is 5.63. The van der Waals surface area contributed by atoms with E-state index in [9.17, 15) is 17.6 Å². The van der Waals surface area contributed by atoms with Gasteiger partial charge < -0.3 is 9.73 Å². The van der Waals surface area contributed by atoms with Gasteiger partial charge in [0.15, 0.2) is 0 Å². The quantitative estimate of drug-likeness (QED) is 0.898. The number of nitrogens with one attached hydrogen (secondary N) is 1. The minimum Gasteiger partial charge on any atom is -0.469 e. The van der Waals surface area contributed by atoms with Crippen LogP contribution in [0, 0.1) is 12.7 Å². The van der Waals surface area contributed by atoms with Crippen molar-refractivity contribution in [3.8, 4) is 0 Å². The zero-order chi connectivity index (χ0) is 14.9. The Balaban J connectivity index is 2.33.